The van der Waals surface area contributed by atoms with Crippen molar-refractivity contribution in [1.82, 2.24) is 30.0 Å². The van der Waals surface area contributed by atoms with E-state index in [1.54, 1.807) is 4.90 Å². The van der Waals surface area contributed by atoms with Crippen LogP contribution in [0.3, 0.4) is 0 Å². The summed E-state index contributed by atoms with van der Waals surface area (Å²) in [5, 5.41) is 16.0. The van der Waals surface area contributed by atoms with E-state index in [2.05, 4.69) is 20.4 Å². The average Bonchev–Trinajstić information content (AvgIpc) is 3.34. The van der Waals surface area contributed by atoms with Crippen molar-refractivity contribution in [2.45, 2.75) is 12.1 Å². The first kappa shape index (κ1) is 18.5. The lowest BCUT2D eigenvalue weighted by Gasteiger charge is -2.26. The van der Waals surface area contributed by atoms with Crippen molar-refractivity contribution in [3.8, 4) is 22.8 Å². The number of aromatic amines is 1. The predicted molar refractivity (Wildman–Crippen MR) is 106 cm³/mol. The van der Waals surface area contributed by atoms with Crippen molar-refractivity contribution < 1.29 is 9.53 Å². The van der Waals surface area contributed by atoms with Crippen LogP contribution in [0.2, 0.25) is 0 Å². The fourth-order valence-electron chi connectivity index (χ4n) is 2.90. The predicted octanol–water partition coefficient (Wildman–Crippen LogP) is 1.31. The first-order valence-electron chi connectivity index (χ1n) is 8.93. The van der Waals surface area contributed by atoms with E-state index >= 15 is 0 Å². The van der Waals surface area contributed by atoms with Crippen molar-refractivity contribution in [3.63, 3.8) is 0 Å². The van der Waals surface area contributed by atoms with Crippen LogP contribution in [0.25, 0.3) is 22.8 Å². The number of aromatic nitrogens is 5. The highest BCUT2D eigenvalue weighted by Crippen LogP contribution is 2.25. The van der Waals surface area contributed by atoms with E-state index in [1.807, 2.05) is 37.3 Å². The Hall–Kier alpha value is -2.85. The molecule has 0 spiro atoms. The topological polar surface area (TPSA) is 115 Å². The molecule has 1 fully saturated rings. The SMILES string of the molecule is Cc1ccc(-c2cc(-c3nnc(SCC(=O)N4CCOCC4)n3N)[nH]n2)cc1. The Kier molecular flexibility index (Phi) is 5.31. The van der Waals surface area contributed by atoms with Crippen molar-refractivity contribution in [2.75, 3.05) is 37.9 Å². The van der Waals surface area contributed by atoms with E-state index in [4.69, 9.17) is 10.6 Å². The van der Waals surface area contributed by atoms with E-state index < -0.39 is 0 Å². The number of benzene rings is 1. The molecule has 1 amide bonds. The molecule has 10 heteroatoms. The second-order valence-electron chi connectivity index (χ2n) is 6.49. The zero-order valence-electron chi connectivity index (χ0n) is 15.5. The number of nitrogens with zero attached hydrogens (tertiary/aromatic N) is 5. The Morgan fingerprint density at radius 1 is 1.25 bits per heavy atom. The smallest absolute Gasteiger partial charge is 0.233 e. The van der Waals surface area contributed by atoms with Gasteiger partial charge in [0.15, 0.2) is 0 Å². The number of nitrogens with two attached hydrogens (primary N) is 1. The third-order valence-electron chi connectivity index (χ3n) is 4.52. The molecule has 1 saturated heterocycles. The number of H-pyrrole nitrogens is 1. The van der Waals surface area contributed by atoms with Crippen molar-refractivity contribution in [2.24, 2.45) is 0 Å². The fourth-order valence-corrected chi connectivity index (χ4v) is 3.66. The molecule has 9 nitrogen and oxygen atoms in total. The molecule has 1 aliphatic heterocycles. The molecular formula is C18H21N7O2S. The number of nitrogen functional groups attached to an aromatic ring is 1. The number of rotatable bonds is 5. The van der Waals surface area contributed by atoms with Gasteiger partial charge in [0.25, 0.3) is 0 Å². The van der Waals surface area contributed by atoms with Crippen LogP contribution in [-0.4, -0.2) is 67.9 Å². The molecule has 146 valence electrons. The zero-order chi connectivity index (χ0) is 19.5. The summed E-state index contributed by atoms with van der Waals surface area (Å²) in [5.41, 5.74) is 3.66. The summed E-state index contributed by atoms with van der Waals surface area (Å²) in [6.07, 6.45) is 0. The Bertz CT molecular complexity index is 961. The molecule has 0 bridgehead atoms. The number of hydrogen-bond acceptors (Lipinski definition) is 7. The van der Waals surface area contributed by atoms with Gasteiger partial charge in [-0.15, -0.1) is 10.2 Å². The van der Waals surface area contributed by atoms with Gasteiger partial charge in [0.05, 0.1) is 24.7 Å². The molecule has 1 aliphatic rings. The van der Waals surface area contributed by atoms with E-state index in [0.717, 1.165) is 11.3 Å². The number of amides is 1. The molecule has 28 heavy (non-hydrogen) atoms. The Labute approximate surface area is 166 Å². The van der Waals surface area contributed by atoms with E-state index in [1.165, 1.54) is 22.0 Å². The molecule has 0 atom stereocenters. The quantitative estimate of drug-likeness (QED) is 0.491. The Balaban J connectivity index is 1.45. The highest BCUT2D eigenvalue weighted by atomic mass is 32.2. The highest BCUT2D eigenvalue weighted by Gasteiger charge is 2.20. The van der Waals surface area contributed by atoms with Gasteiger partial charge in [-0.05, 0) is 13.0 Å². The van der Waals surface area contributed by atoms with E-state index in [-0.39, 0.29) is 11.7 Å². The van der Waals surface area contributed by atoms with Crippen molar-refractivity contribution >= 4 is 17.7 Å². The molecule has 0 unspecified atom stereocenters. The lowest BCUT2D eigenvalue weighted by Crippen LogP contribution is -2.41. The first-order valence-corrected chi connectivity index (χ1v) is 9.92. The molecular weight excluding hydrogens is 378 g/mol. The summed E-state index contributed by atoms with van der Waals surface area (Å²) in [5.74, 6) is 6.91. The van der Waals surface area contributed by atoms with Crippen LogP contribution in [-0.2, 0) is 9.53 Å². The van der Waals surface area contributed by atoms with Gasteiger partial charge in [-0.25, -0.2) is 4.68 Å². The third kappa shape index (κ3) is 3.87. The maximum atomic E-state index is 12.3. The molecule has 3 heterocycles. The van der Waals surface area contributed by atoms with Gasteiger partial charge in [0.2, 0.25) is 16.9 Å². The summed E-state index contributed by atoms with van der Waals surface area (Å²) in [6.45, 7) is 4.44. The average molecular weight is 399 g/mol. The summed E-state index contributed by atoms with van der Waals surface area (Å²) in [4.78, 5) is 14.1. The molecule has 2 aromatic heterocycles. The number of nitrogens with one attached hydrogen (secondary N) is 1. The van der Waals surface area contributed by atoms with Gasteiger partial charge in [-0.1, -0.05) is 41.6 Å². The number of aryl methyl sites for hydroxylation is 1. The van der Waals surface area contributed by atoms with E-state index in [9.17, 15) is 4.79 Å². The van der Waals surface area contributed by atoms with Gasteiger partial charge in [0, 0.05) is 18.7 Å². The van der Waals surface area contributed by atoms with Crippen LogP contribution in [0.5, 0.6) is 0 Å². The minimum Gasteiger partial charge on any atom is -0.378 e. The normalized spacial score (nSPS) is 14.4. The lowest BCUT2D eigenvalue weighted by molar-refractivity contribution is -0.132. The maximum Gasteiger partial charge on any atom is 0.233 e. The first-order chi connectivity index (χ1) is 13.6. The number of hydrogen-bond donors (Lipinski definition) is 2. The summed E-state index contributed by atoms with van der Waals surface area (Å²) < 4.78 is 6.65. The third-order valence-corrected chi connectivity index (χ3v) is 5.45. The van der Waals surface area contributed by atoms with Gasteiger partial charge in [-0.2, -0.15) is 5.10 Å². The molecule has 1 aromatic carbocycles. The van der Waals surface area contributed by atoms with Crippen LogP contribution in [0, 0.1) is 6.92 Å². The monoisotopic (exact) mass is 399 g/mol. The number of carbonyl (C=O) groups is 1. The molecule has 0 aliphatic carbocycles. The lowest BCUT2D eigenvalue weighted by atomic mass is 10.1. The molecule has 0 saturated carbocycles. The number of morpholine rings is 1. The van der Waals surface area contributed by atoms with Gasteiger partial charge < -0.3 is 15.5 Å². The minimum absolute atomic E-state index is 0.0426. The van der Waals surface area contributed by atoms with Crippen molar-refractivity contribution in [1.29, 1.82) is 0 Å². The van der Waals surface area contributed by atoms with Gasteiger partial charge in [-0.3, -0.25) is 9.89 Å². The van der Waals surface area contributed by atoms with Crippen LogP contribution >= 0.6 is 11.8 Å². The second-order valence-corrected chi connectivity index (χ2v) is 7.43. The largest absolute Gasteiger partial charge is 0.378 e. The second kappa shape index (κ2) is 8.03. The minimum atomic E-state index is 0.0426. The summed E-state index contributed by atoms with van der Waals surface area (Å²) in [7, 11) is 0. The van der Waals surface area contributed by atoms with Crippen LogP contribution in [0.15, 0.2) is 35.5 Å². The van der Waals surface area contributed by atoms with E-state index in [0.29, 0.717) is 43.0 Å². The maximum absolute atomic E-state index is 12.3. The molecule has 3 aromatic rings. The Morgan fingerprint density at radius 3 is 2.75 bits per heavy atom. The van der Waals surface area contributed by atoms with Gasteiger partial charge >= 0.3 is 0 Å². The molecule has 4 rings (SSSR count). The standard InChI is InChI=1S/C18H21N7O2S/c1-12-2-4-13(5-3-12)14-10-15(21-20-14)17-22-23-18(25(17)19)28-11-16(26)24-6-8-27-9-7-24/h2-5,10H,6-9,11,19H2,1H3,(H,20,21). The van der Waals surface area contributed by atoms with Gasteiger partial charge in [0.1, 0.15) is 5.69 Å². The van der Waals surface area contributed by atoms with Crippen LogP contribution in [0.4, 0.5) is 0 Å². The summed E-state index contributed by atoms with van der Waals surface area (Å²) >= 11 is 1.27. The van der Waals surface area contributed by atoms with Crippen molar-refractivity contribution in [3.05, 3.63) is 35.9 Å². The number of ether oxygens (including phenoxy) is 1. The molecule has 0 radical (unpaired) electrons. The fraction of sp³-hybridized carbons (Fsp3) is 0.333. The molecule has 3 N–H and O–H groups in total. The highest BCUT2D eigenvalue weighted by molar-refractivity contribution is 7.99. The van der Waals surface area contributed by atoms with Crippen LogP contribution in [0.1, 0.15) is 5.56 Å². The number of thioether (sulfide) groups is 1. The summed E-state index contributed by atoms with van der Waals surface area (Å²) in [6, 6.07) is 9.98. The van der Waals surface area contributed by atoms with Crippen LogP contribution < -0.4 is 5.84 Å². The Morgan fingerprint density at radius 2 is 2.00 bits per heavy atom. The number of carbonyl (C=O) groups excluding carboxylic acids is 1. The zero-order valence-corrected chi connectivity index (χ0v) is 16.3.